The van der Waals surface area contributed by atoms with Gasteiger partial charge in [-0.25, -0.2) is 9.97 Å². The van der Waals surface area contributed by atoms with Crippen LogP contribution in [0, 0.1) is 26.0 Å². The monoisotopic (exact) mass is 986 g/mol. The van der Waals surface area contributed by atoms with E-state index in [4.69, 9.17) is 24.1 Å². The molecule has 1 aliphatic carbocycles. The summed E-state index contributed by atoms with van der Waals surface area (Å²) in [5, 5.41) is 4.22. The Morgan fingerprint density at radius 1 is 0.677 bits per heavy atom. The van der Waals surface area contributed by atoms with Gasteiger partial charge in [-0.05, 0) is 104 Å². The molecular weight excluding hydrogens is 946 g/mol. The van der Waals surface area contributed by atoms with E-state index in [1.807, 2.05) is 36.5 Å². The van der Waals surface area contributed by atoms with Gasteiger partial charge in [0.2, 0.25) is 5.78 Å². The molecule has 0 bridgehead atoms. The molecule has 5 aromatic heterocycles. The van der Waals surface area contributed by atoms with E-state index in [1.165, 1.54) is 16.7 Å². The number of furan rings is 1. The van der Waals surface area contributed by atoms with Crippen molar-refractivity contribution in [1.82, 2.24) is 23.9 Å². The van der Waals surface area contributed by atoms with Crippen LogP contribution < -0.4 is 4.74 Å². The summed E-state index contributed by atoms with van der Waals surface area (Å²) in [6.07, 6.45) is 3.99. The average molecular weight is 987 g/mol. The number of aryl methyl sites for hydroxylation is 2. The van der Waals surface area contributed by atoms with E-state index in [0.29, 0.717) is 11.5 Å². The van der Waals surface area contributed by atoms with Crippen LogP contribution in [0.1, 0.15) is 61.4 Å². The van der Waals surface area contributed by atoms with Crippen molar-refractivity contribution in [3.63, 3.8) is 0 Å². The van der Waals surface area contributed by atoms with Crippen LogP contribution in [-0.2, 0) is 31.9 Å². The predicted molar refractivity (Wildman–Crippen MR) is 244 cm³/mol. The summed E-state index contributed by atoms with van der Waals surface area (Å²) in [5.74, 6) is 2.86. The second-order valence-electron chi connectivity index (χ2n) is 17.8. The van der Waals surface area contributed by atoms with Gasteiger partial charge in [0.15, 0.2) is 0 Å². The third-order valence-corrected chi connectivity index (χ3v) is 13.4. The molecule has 0 N–H and O–H groups in total. The first-order valence-corrected chi connectivity index (χ1v) is 20.9. The fourth-order valence-corrected chi connectivity index (χ4v) is 10.6. The SMILES string of the molecule is Cc1cnc(-n2c3[c-]c(Oc4[c-]c(-c5cc6c(cn5)C(C)(C)C(c5ccccc5)C6(C)C)c5oc6ccc7ccccc7c6c5c4)ccc3n3c4ccccc4nc23)cc1C.[Pt+2]. The van der Waals surface area contributed by atoms with Crippen LogP contribution >= 0.6 is 0 Å². The fraction of sp³-hybridized carbons (Fsp3) is 0.167. The van der Waals surface area contributed by atoms with Gasteiger partial charge in [-0.15, -0.1) is 18.2 Å². The summed E-state index contributed by atoms with van der Waals surface area (Å²) in [6, 6.07) is 49.5. The molecule has 1 unspecified atom stereocenters. The maximum Gasteiger partial charge on any atom is 2.00 e. The Morgan fingerprint density at radius 3 is 2.29 bits per heavy atom. The first kappa shape index (κ1) is 38.4. The normalized spacial score (nSPS) is 15.5. The molecule has 0 saturated heterocycles. The Morgan fingerprint density at radius 2 is 1.45 bits per heavy atom. The van der Waals surface area contributed by atoms with Gasteiger partial charge in [-0.1, -0.05) is 130 Å². The molecule has 62 heavy (non-hydrogen) atoms. The average Bonchev–Trinajstić information content (AvgIpc) is 3.96. The summed E-state index contributed by atoms with van der Waals surface area (Å²) in [7, 11) is 0. The molecule has 1 atom stereocenters. The molecule has 304 valence electrons. The minimum absolute atomic E-state index is 0. The van der Waals surface area contributed by atoms with Crippen molar-refractivity contribution in [3.05, 3.63) is 174 Å². The molecule has 0 amide bonds. The number of nitrogens with zero attached hydrogens (tertiary/aromatic N) is 5. The number of benzene rings is 6. The fourth-order valence-electron chi connectivity index (χ4n) is 10.6. The molecular formula is C54H41N5O2Pt. The number of aromatic nitrogens is 5. The molecule has 12 rings (SSSR count). The van der Waals surface area contributed by atoms with Gasteiger partial charge >= 0.3 is 21.1 Å². The zero-order valence-electron chi connectivity index (χ0n) is 35.1. The third kappa shape index (κ3) is 5.50. The zero-order valence-corrected chi connectivity index (χ0v) is 37.4. The molecule has 7 nitrogen and oxygen atoms in total. The molecule has 11 aromatic rings. The summed E-state index contributed by atoms with van der Waals surface area (Å²) < 4.78 is 17.9. The van der Waals surface area contributed by atoms with Crippen molar-refractivity contribution in [2.24, 2.45) is 0 Å². The van der Waals surface area contributed by atoms with Crippen molar-refractivity contribution in [2.75, 3.05) is 0 Å². The topological polar surface area (TPSA) is 70.4 Å². The molecule has 8 heteroatoms. The number of ether oxygens (including phenoxy) is 1. The number of hydrogen-bond acceptors (Lipinski definition) is 5. The molecule has 0 saturated carbocycles. The largest absolute Gasteiger partial charge is 2.00 e. The number of rotatable bonds is 5. The van der Waals surface area contributed by atoms with Crippen molar-refractivity contribution in [3.8, 4) is 28.6 Å². The summed E-state index contributed by atoms with van der Waals surface area (Å²) in [6.45, 7) is 13.6. The molecule has 0 aliphatic heterocycles. The van der Waals surface area contributed by atoms with Crippen LogP contribution in [0.2, 0.25) is 0 Å². The number of fused-ring (bicyclic) bond motifs is 11. The minimum Gasteiger partial charge on any atom is -0.503 e. The molecule has 6 aromatic carbocycles. The maximum atomic E-state index is 6.88. The van der Waals surface area contributed by atoms with Gasteiger partial charge in [-0.2, -0.15) is 0 Å². The third-order valence-electron chi connectivity index (χ3n) is 13.4. The van der Waals surface area contributed by atoms with Crippen LogP contribution in [0.3, 0.4) is 0 Å². The number of pyridine rings is 2. The standard InChI is InChI=1S/C54H41N5O2.Pt/c1-31-24-48(56-29-32(31)2)59-46-27-35(21-22-45(46)58-44-19-13-12-18-42(44)57-52(58)59)60-36-25-38(50-39(26-36)49-37-17-11-10-14-33(37)20-23-47(49)61-50)43-28-40-41(30-55-43)54(5,6)51(53(40,3)4)34-15-8-7-9-16-34;/h7-24,26,28-30,51H,1-6H3;/q-2;+2. The number of hydrogen-bond donors (Lipinski definition) is 0. The zero-order chi connectivity index (χ0) is 41.4. The van der Waals surface area contributed by atoms with Crippen molar-refractivity contribution in [1.29, 1.82) is 0 Å². The van der Waals surface area contributed by atoms with Gasteiger partial charge in [-0.3, -0.25) is 4.57 Å². The van der Waals surface area contributed by atoms with Gasteiger partial charge in [0.05, 0.1) is 16.6 Å². The molecule has 0 fully saturated rings. The minimum atomic E-state index is -0.176. The van der Waals surface area contributed by atoms with Gasteiger partial charge < -0.3 is 18.5 Å². The van der Waals surface area contributed by atoms with Gasteiger partial charge in [0.1, 0.15) is 11.4 Å². The second kappa shape index (κ2) is 13.7. The van der Waals surface area contributed by atoms with Gasteiger partial charge in [0, 0.05) is 35.2 Å². The number of para-hydroxylation sites is 2. The van der Waals surface area contributed by atoms with E-state index in [-0.39, 0.29) is 37.8 Å². The van der Waals surface area contributed by atoms with E-state index in [2.05, 4.69) is 160 Å². The Bertz CT molecular complexity index is 3620. The van der Waals surface area contributed by atoms with Crippen molar-refractivity contribution < 1.29 is 30.2 Å². The summed E-state index contributed by atoms with van der Waals surface area (Å²) in [4.78, 5) is 15.2. The van der Waals surface area contributed by atoms with Crippen molar-refractivity contribution in [2.45, 2.75) is 58.3 Å². The van der Waals surface area contributed by atoms with Crippen LogP contribution in [0.5, 0.6) is 11.5 Å². The van der Waals surface area contributed by atoms with Crippen LogP contribution in [-0.4, -0.2) is 23.9 Å². The molecule has 5 heterocycles. The molecule has 1 aliphatic rings. The van der Waals surface area contributed by atoms with Crippen LogP contribution in [0.4, 0.5) is 0 Å². The van der Waals surface area contributed by atoms with Crippen molar-refractivity contribution >= 4 is 60.6 Å². The van der Waals surface area contributed by atoms with E-state index < -0.39 is 0 Å². The smallest absolute Gasteiger partial charge is 0.503 e. The first-order valence-electron chi connectivity index (χ1n) is 20.9. The molecule has 0 radical (unpaired) electrons. The van der Waals surface area contributed by atoms with E-state index in [9.17, 15) is 0 Å². The Balaban J connectivity index is 0.00000432. The van der Waals surface area contributed by atoms with Crippen LogP contribution in [0.25, 0.3) is 77.6 Å². The number of imidazole rings is 2. The summed E-state index contributed by atoms with van der Waals surface area (Å²) >= 11 is 0. The van der Waals surface area contributed by atoms with Crippen LogP contribution in [0.15, 0.2) is 138 Å². The Hall–Kier alpha value is -6.56. The second-order valence-corrected chi connectivity index (χ2v) is 17.8. The first-order chi connectivity index (χ1) is 29.6. The molecule has 0 spiro atoms. The van der Waals surface area contributed by atoms with E-state index in [0.717, 1.165) is 88.8 Å². The Kier molecular flexibility index (Phi) is 8.49. The van der Waals surface area contributed by atoms with E-state index in [1.54, 1.807) is 0 Å². The van der Waals surface area contributed by atoms with E-state index >= 15 is 0 Å². The quantitative estimate of drug-likeness (QED) is 0.161. The van der Waals surface area contributed by atoms with Gasteiger partial charge in [0.25, 0.3) is 0 Å². The Labute approximate surface area is 373 Å². The summed E-state index contributed by atoms with van der Waals surface area (Å²) in [5.41, 5.74) is 12.6. The maximum absolute atomic E-state index is 6.88. The predicted octanol–water partition coefficient (Wildman–Crippen LogP) is 13.3.